The molecule has 1 atom stereocenters. The van der Waals surface area contributed by atoms with E-state index in [0.29, 0.717) is 30.2 Å². The summed E-state index contributed by atoms with van der Waals surface area (Å²) in [5.41, 5.74) is 2.99. The lowest BCUT2D eigenvalue weighted by atomic mass is 9.96. The minimum atomic E-state index is -0.687. The molecular formula is C20H22N6O3. The van der Waals surface area contributed by atoms with Crippen molar-refractivity contribution in [2.45, 2.75) is 19.4 Å². The molecule has 0 aliphatic carbocycles. The van der Waals surface area contributed by atoms with Crippen LogP contribution in [-0.4, -0.2) is 62.2 Å². The van der Waals surface area contributed by atoms with Gasteiger partial charge in [-0.15, -0.1) is 0 Å². The molecule has 9 heteroatoms. The number of rotatable bonds is 3. The molecule has 150 valence electrons. The van der Waals surface area contributed by atoms with Gasteiger partial charge in [-0.2, -0.15) is 10.1 Å². The Bertz CT molecular complexity index is 1070. The van der Waals surface area contributed by atoms with Gasteiger partial charge in [0.2, 0.25) is 5.91 Å². The standard InChI is InChI=1S/C20H22N6O3/c1-12-22-18(29-23-12)13-5-7-14(8-6-13)19(27)26-10-9-16-15(11-21-25(16)4)17(26)20(28)24(2)3/h5-8,11,17H,9-10H2,1-4H3. The van der Waals surface area contributed by atoms with Crippen LogP contribution < -0.4 is 0 Å². The summed E-state index contributed by atoms with van der Waals surface area (Å²) in [7, 11) is 5.24. The van der Waals surface area contributed by atoms with Crippen LogP contribution in [0.25, 0.3) is 11.5 Å². The van der Waals surface area contributed by atoms with Crippen molar-refractivity contribution in [1.29, 1.82) is 0 Å². The molecule has 9 nitrogen and oxygen atoms in total. The lowest BCUT2D eigenvalue weighted by molar-refractivity contribution is -0.134. The average molecular weight is 394 g/mol. The maximum absolute atomic E-state index is 13.3. The number of likely N-dealkylation sites (N-methyl/N-ethyl adjacent to an activating group) is 1. The van der Waals surface area contributed by atoms with Gasteiger partial charge < -0.3 is 14.3 Å². The van der Waals surface area contributed by atoms with Gasteiger partial charge in [-0.25, -0.2) is 0 Å². The summed E-state index contributed by atoms with van der Waals surface area (Å²) in [6.45, 7) is 2.19. The average Bonchev–Trinajstić information content (AvgIpc) is 3.32. The van der Waals surface area contributed by atoms with Crippen molar-refractivity contribution in [1.82, 2.24) is 29.7 Å². The van der Waals surface area contributed by atoms with Gasteiger partial charge in [0.15, 0.2) is 5.82 Å². The third-order valence-electron chi connectivity index (χ3n) is 5.13. The molecule has 2 amide bonds. The maximum Gasteiger partial charge on any atom is 0.257 e. The van der Waals surface area contributed by atoms with Crippen molar-refractivity contribution in [3.8, 4) is 11.5 Å². The number of fused-ring (bicyclic) bond motifs is 1. The lowest BCUT2D eigenvalue weighted by Crippen LogP contribution is -2.47. The molecule has 0 saturated heterocycles. The fourth-order valence-electron chi connectivity index (χ4n) is 3.60. The van der Waals surface area contributed by atoms with Gasteiger partial charge in [-0.1, -0.05) is 5.16 Å². The summed E-state index contributed by atoms with van der Waals surface area (Å²) in [5, 5.41) is 8.07. The molecule has 1 aliphatic heterocycles. The molecule has 0 fully saturated rings. The minimum absolute atomic E-state index is 0.148. The molecule has 0 radical (unpaired) electrons. The quantitative estimate of drug-likeness (QED) is 0.669. The summed E-state index contributed by atoms with van der Waals surface area (Å²) in [6.07, 6.45) is 2.33. The van der Waals surface area contributed by atoms with Gasteiger partial charge in [-0.3, -0.25) is 14.3 Å². The van der Waals surface area contributed by atoms with E-state index in [2.05, 4.69) is 15.2 Å². The summed E-state index contributed by atoms with van der Waals surface area (Å²) in [6, 6.07) is 6.28. The summed E-state index contributed by atoms with van der Waals surface area (Å²) >= 11 is 0. The highest BCUT2D eigenvalue weighted by Crippen LogP contribution is 2.32. The monoisotopic (exact) mass is 394 g/mol. The predicted octanol–water partition coefficient (Wildman–Crippen LogP) is 1.61. The largest absolute Gasteiger partial charge is 0.347 e. The summed E-state index contributed by atoms with van der Waals surface area (Å²) in [4.78, 5) is 33.5. The van der Waals surface area contributed by atoms with Gasteiger partial charge in [-0.05, 0) is 31.2 Å². The van der Waals surface area contributed by atoms with Crippen LogP contribution in [-0.2, 0) is 18.3 Å². The summed E-state index contributed by atoms with van der Waals surface area (Å²) in [5.74, 6) is 0.601. The number of hydrogen-bond donors (Lipinski definition) is 0. The van der Waals surface area contributed by atoms with E-state index in [4.69, 9.17) is 4.52 Å². The molecular weight excluding hydrogens is 372 g/mol. The molecule has 3 aromatic rings. The van der Waals surface area contributed by atoms with Gasteiger partial charge in [0, 0.05) is 56.5 Å². The number of amides is 2. The van der Waals surface area contributed by atoms with Crippen LogP contribution in [0, 0.1) is 6.92 Å². The fourth-order valence-corrected chi connectivity index (χ4v) is 3.60. The van der Waals surface area contributed by atoms with Crippen molar-refractivity contribution in [2.75, 3.05) is 20.6 Å². The molecule has 4 rings (SSSR count). The molecule has 3 heterocycles. The second kappa shape index (κ2) is 7.16. The van der Waals surface area contributed by atoms with Crippen LogP contribution in [0.2, 0.25) is 0 Å². The number of nitrogens with zero attached hydrogens (tertiary/aromatic N) is 6. The smallest absolute Gasteiger partial charge is 0.257 e. The molecule has 29 heavy (non-hydrogen) atoms. The van der Waals surface area contributed by atoms with Crippen molar-refractivity contribution in [3.63, 3.8) is 0 Å². The van der Waals surface area contributed by atoms with Crippen molar-refractivity contribution < 1.29 is 14.1 Å². The second-order valence-corrected chi connectivity index (χ2v) is 7.28. The van der Waals surface area contributed by atoms with Crippen LogP contribution >= 0.6 is 0 Å². The first-order valence-electron chi connectivity index (χ1n) is 9.30. The number of aromatic nitrogens is 4. The molecule has 1 aromatic carbocycles. The molecule has 0 bridgehead atoms. The second-order valence-electron chi connectivity index (χ2n) is 7.28. The molecule has 1 unspecified atom stereocenters. The van der Waals surface area contributed by atoms with Gasteiger partial charge >= 0.3 is 0 Å². The number of carbonyl (C=O) groups is 2. The Balaban J connectivity index is 1.65. The van der Waals surface area contributed by atoms with Crippen LogP contribution in [0.3, 0.4) is 0 Å². The molecule has 1 aliphatic rings. The molecule has 0 N–H and O–H groups in total. The topological polar surface area (TPSA) is 97.4 Å². The van der Waals surface area contributed by atoms with Crippen molar-refractivity contribution >= 4 is 11.8 Å². The predicted molar refractivity (Wildman–Crippen MR) is 104 cm³/mol. The lowest BCUT2D eigenvalue weighted by Gasteiger charge is -2.36. The van der Waals surface area contributed by atoms with Crippen LogP contribution in [0.1, 0.15) is 33.5 Å². The van der Waals surface area contributed by atoms with E-state index < -0.39 is 6.04 Å². The Morgan fingerprint density at radius 2 is 1.93 bits per heavy atom. The SMILES string of the molecule is Cc1noc(-c2ccc(C(=O)N3CCc4c(cnn4C)C3C(=O)N(C)C)cc2)n1. The highest BCUT2D eigenvalue weighted by atomic mass is 16.5. The van der Waals surface area contributed by atoms with Crippen molar-refractivity contribution in [2.24, 2.45) is 7.05 Å². The highest BCUT2D eigenvalue weighted by Gasteiger charge is 2.38. The zero-order valence-electron chi connectivity index (χ0n) is 16.8. The number of carbonyl (C=O) groups excluding carboxylic acids is 2. The van der Waals surface area contributed by atoms with Crippen LogP contribution in [0.4, 0.5) is 0 Å². The van der Waals surface area contributed by atoms with Crippen molar-refractivity contribution in [3.05, 3.63) is 53.1 Å². The minimum Gasteiger partial charge on any atom is -0.347 e. The van der Waals surface area contributed by atoms with E-state index in [1.54, 1.807) is 61.1 Å². The summed E-state index contributed by atoms with van der Waals surface area (Å²) < 4.78 is 6.94. The van der Waals surface area contributed by atoms with Crippen LogP contribution in [0.5, 0.6) is 0 Å². The maximum atomic E-state index is 13.3. The van der Waals surface area contributed by atoms with E-state index in [9.17, 15) is 9.59 Å². The third kappa shape index (κ3) is 3.28. The van der Waals surface area contributed by atoms with Crippen LogP contribution in [0.15, 0.2) is 35.0 Å². The van der Waals surface area contributed by atoms with Gasteiger partial charge in [0.25, 0.3) is 11.8 Å². The van der Waals surface area contributed by atoms with E-state index in [0.717, 1.165) is 16.8 Å². The molecule has 0 saturated carbocycles. The molecule has 2 aromatic heterocycles. The van der Waals surface area contributed by atoms with Gasteiger partial charge in [0.05, 0.1) is 6.20 Å². The van der Waals surface area contributed by atoms with E-state index in [1.165, 1.54) is 4.90 Å². The first kappa shape index (κ1) is 18.9. The van der Waals surface area contributed by atoms with Gasteiger partial charge in [0.1, 0.15) is 6.04 Å². The number of aryl methyl sites for hydroxylation is 2. The zero-order valence-corrected chi connectivity index (χ0v) is 16.8. The Morgan fingerprint density at radius 3 is 2.55 bits per heavy atom. The van der Waals surface area contributed by atoms with E-state index in [-0.39, 0.29) is 11.8 Å². The van der Waals surface area contributed by atoms with E-state index >= 15 is 0 Å². The zero-order chi connectivity index (χ0) is 20.7. The number of benzene rings is 1. The normalized spacial score (nSPS) is 15.9. The molecule has 0 spiro atoms. The Labute approximate surface area is 167 Å². The third-order valence-corrected chi connectivity index (χ3v) is 5.13. The highest BCUT2D eigenvalue weighted by molar-refractivity contribution is 5.98. The number of hydrogen-bond acceptors (Lipinski definition) is 6. The van der Waals surface area contributed by atoms with E-state index in [1.807, 2.05) is 7.05 Å². The first-order valence-corrected chi connectivity index (χ1v) is 9.30. The Hall–Kier alpha value is -3.49. The first-order chi connectivity index (χ1) is 13.9. The Morgan fingerprint density at radius 1 is 1.21 bits per heavy atom. The fraction of sp³-hybridized carbons (Fsp3) is 0.350. The Kier molecular flexibility index (Phi) is 4.65.